The largest absolute Gasteiger partial charge is 0.326 e. The lowest BCUT2D eigenvalue weighted by Gasteiger charge is -2.30. The van der Waals surface area contributed by atoms with Crippen LogP contribution in [0, 0.1) is 6.92 Å². The predicted molar refractivity (Wildman–Crippen MR) is 86.7 cm³/mol. The van der Waals surface area contributed by atoms with E-state index in [0.29, 0.717) is 5.25 Å². The second kappa shape index (κ2) is 7.35. The molecular formula is C17H27NS. The summed E-state index contributed by atoms with van der Waals surface area (Å²) in [6.07, 6.45) is 8.04. The molecule has 2 N–H and O–H groups in total. The van der Waals surface area contributed by atoms with Crippen LogP contribution in [-0.4, -0.2) is 11.3 Å². The molecule has 0 aromatic heterocycles. The Morgan fingerprint density at radius 3 is 2.53 bits per heavy atom. The van der Waals surface area contributed by atoms with Gasteiger partial charge in [-0.05, 0) is 37.3 Å². The third kappa shape index (κ3) is 4.00. The van der Waals surface area contributed by atoms with Gasteiger partial charge in [0.05, 0.1) is 0 Å². The maximum atomic E-state index is 6.41. The van der Waals surface area contributed by atoms with Crippen molar-refractivity contribution in [3.63, 3.8) is 0 Å². The average molecular weight is 277 g/mol. The summed E-state index contributed by atoms with van der Waals surface area (Å²) in [7, 11) is 0. The zero-order chi connectivity index (χ0) is 13.7. The number of aryl methyl sites for hydroxylation is 1. The third-order valence-corrected chi connectivity index (χ3v) is 6.00. The fourth-order valence-corrected chi connectivity index (χ4v) is 4.76. The molecule has 2 unspecified atom stereocenters. The molecule has 0 saturated heterocycles. The Hall–Kier alpha value is -0.470. The van der Waals surface area contributed by atoms with E-state index >= 15 is 0 Å². The summed E-state index contributed by atoms with van der Waals surface area (Å²) >= 11 is 2.14. The molecule has 0 bridgehead atoms. The van der Waals surface area contributed by atoms with E-state index in [0.717, 1.165) is 11.7 Å². The standard InChI is InChI=1S/C17H27NS/c1-3-16(18)17(15-12-8-7-9-13(15)2)19-14-10-5-4-6-11-14/h7-9,12,14,16-17H,3-6,10-11,18H2,1-2H3. The molecule has 0 aliphatic heterocycles. The number of rotatable bonds is 5. The second-order valence-electron chi connectivity index (χ2n) is 5.75. The van der Waals surface area contributed by atoms with Crippen molar-refractivity contribution in [2.45, 2.75) is 68.9 Å². The van der Waals surface area contributed by atoms with Crippen molar-refractivity contribution < 1.29 is 0 Å². The SMILES string of the molecule is CCC(N)C(SC1CCCCC1)c1ccccc1C. The minimum absolute atomic E-state index is 0.271. The topological polar surface area (TPSA) is 26.0 Å². The van der Waals surface area contributed by atoms with Gasteiger partial charge in [-0.25, -0.2) is 0 Å². The lowest BCUT2D eigenvalue weighted by molar-refractivity contribution is 0.512. The maximum absolute atomic E-state index is 6.41. The van der Waals surface area contributed by atoms with Crippen LogP contribution in [-0.2, 0) is 0 Å². The smallest absolute Gasteiger partial charge is 0.0453 e. The highest BCUT2D eigenvalue weighted by molar-refractivity contribution is 8.00. The van der Waals surface area contributed by atoms with Gasteiger partial charge < -0.3 is 5.73 Å². The van der Waals surface area contributed by atoms with Crippen molar-refractivity contribution in [3.8, 4) is 0 Å². The van der Waals surface area contributed by atoms with Gasteiger partial charge in [-0.15, -0.1) is 11.8 Å². The lowest BCUT2D eigenvalue weighted by Crippen LogP contribution is -2.28. The highest BCUT2D eigenvalue weighted by Gasteiger charge is 2.25. The fraction of sp³-hybridized carbons (Fsp3) is 0.647. The lowest BCUT2D eigenvalue weighted by atomic mass is 9.99. The van der Waals surface area contributed by atoms with Gasteiger partial charge in [-0.2, -0.15) is 0 Å². The van der Waals surface area contributed by atoms with Gasteiger partial charge in [0, 0.05) is 16.5 Å². The molecule has 1 aromatic rings. The first-order valence-corrected chi connectivity index (χ1v) is 8.63. The van der Waals surface area contributed by atoms with Crippen LogP contribution in [0.4, 0.5) is 0 Å². The van der Waals surface area contributed by atoms with E-state index in [-0.39, 0.29) is 6.04 Å². The van der Waals surface area contributed by atoms with Crippen molar-refractivity contribution >= 4 is 11.8 Å². The van der Waals surface area contributed by atoms with E-state index in [1.54, 1.807) is 0 Å². The Morgan fingerprint density at radius 2 is 1.89 bits per heavy atom. The molecule has 106 valence electrons. The summed E-state index contributed by atoms with van der Waals surface area (Å²) in [6, 6.07) is 9.03. The number of benzene rings is 1. The molecule has 2 heteroatoms. The van der Waals surface area contributed by atoms with Crippen LogP contribution in [0.15, 0.2) is 24.3 Å². The molecule has 0 amide bonds. The zero-order valence-electron chi connectivity index (χ0n) is 12.3. The molecule has 1 aliphatic rings. The van der Waals surface area contributed by atoms with Crippen LogP contribution in [0.5, 0.6) is 0 Å². The van der Waals surface area contributed by atoms with Gasteiger partial charge in [-0.3, -0.25) is 0 Å². The normalized spacial score (nSPS) is 20.2. The van der Waals surface area contributed by atoms with Crippen molar-refractivity contribution in [1.82, 2.24) is 0 Å². The van der Waals surface area contributed by atoms with Gasteiger partial charge in [0.25, 0.3) is 0 Å². The molecule has 0 spiro atoms. The summed E-state index contributed by atoms with van der Waals surface area (Å²) in [6.45, 7) is 4.42. The molecule has 1 aromatic carbocycles. The molecule has 1 fully saturated rings. The van der Waals surface area contributed by atoms with Crippen LogP contribution < -0.4 is 5.73 Å². The van der Waals surface area contributed by atoms with E-state index in [1.165, 1.54) is 43.2 Å². The minimum atomic E-state index is 0.271. The number of hydrogen-bond acceptors (Lipinski definition) is 2. The van der Waals surface area contributed by atoms with Crippen molar-refractivity contribution in [1.29, 1.82) is 0 Å². The Bertz CT molecular complexity index is 385. The average Bonchev–Trinajstić information content (AvgIpc) is 2.46. The Kier molecular flexibility index (Phi) is 5.77. The van der Waals surface area contributed by atoms with Gasteiger partial charge in [-0.1, -0.05) is 50.5 Å². The monoisotopic (exact) mass is 277 g/mol. The summed E-state index contributed by atoms with van der Waals surface area (Å²) in [4.78, 5) is 0. The van der Waals surface area contributed by atoms with E-state index in [2.05, 4.69) is 49.9 Å². The van der Waals surface area contributed by atoms with Crippen LogP contribution >= 0.6 is 11.8 Å². The molecule has 0 heterocycles. The summed E-state index contributed by atoms with van der Waals surface area (Å²) in [5, 5.41) is 1.28. The van der Waals surface area contributed by atoms with Crippen molar-refractivity contribution in [2.75, 3.05) is 0 Å². The second-order valence-corrected chi connectivity index (χ2v) is 7.19. The van der Waals surface area contributed by atoms with E-state index in [4.69, 9.17) is 5.73 Å². The van der Waals surface area contributed by atoms with E-state index in [1.807, 2.05) is 0 Å². The van der Waals surface area contributed by atoms with Crippen LogP contribution in [0.25, 0.3) is 0 Å². The Morgan fingerprint density at radius 1 is 1.21 bits per heavy atom. The predicted octanol–water partition coefficient (Wildman–Crippen LogP) is 4.84. The molecule has 1 saturated carbocycles. The first-order chi connectivity index (χ1) is 9.22. The zero-order valence-corrected chi connectivity index (χ0v) is 13.1. The first kappa shape index (κ1) is 14.9. The van der Waals surface area contributed by atoms with Gasteiger partial charge in [0.2, 0.25) is 0 Å². The van der Waals surface area contributed by atoms with Gasteiger partial charge in [0.1, 0.15) is 0 Å². The molecule has 0 radical (unpaired) electrons. The van der Waals surface area contributed by atoms with Gasteiger partial charge in [0.15, 0.2) is 0 Å². The summed E-state index contributed by atoms with van der Waals surface area (Å²) < 4.78 is 0. The summed E-state index contributed by atoms with van der Waals surface area (Å²) in [5.41, 5.74) is 9.25. The van der Waals surface area contributed by atoms with E-state index in [9.17, 15) is 0 Å². The van der Waals surface area contributed by atoms with Crippen molar-refractivity contribution in [3.05, 3.63) is 35.4 Å². The molecule has 19 heavy (non-hydrogen) atoms. The maximum Gasteiger partial charge on any atom is 0.0453 e. The van der Waals surface area contributed by atoms with Crippen LogP contribution in [0.2, 0.25) is 0 Å². The Balaban J connectivity index is 2.13. The van der Waals surface area contributed by atoms with Gasteiger partial charge >= 0.3 is 0 Å². The first-order valence-electron chi connectivity index (χ1n) is 7.69. The summed E-state index contributed by atoms with van der Waals surface area (Å²) in [5.74, 6) is 0. The highest BCUT2D eigenvalue weighted by Crippen LogP contribution is 2.41. The number of hydrogen-bond donors (Lipinski definition) is 1. The molecule has 1 aliphatic carbocycles. The molecule has 2 rings (SSSR count). The molecular weight excluding hydrogens is 250 g/mol. The highest BCUT2D eigenvalue weighted by atomic mass is 32.2. The number of thioether (sulfide) groups is 1. The number of nitrogens with two attached hydrogens (primary N) is 1. The third-order valence-electron chi connectivity index (χ3n) is 4.25. The molecule has 2 atom stereocenters. The van der Waals surface area contributed by atoms with Crippen LogP contribution in [0.1, 0.15) is 61.8 Å². The fourth-order valence-electron chi connectivity index (χ4n) is 2.93. The Labute approximate surface area is 122 Å². The quantitative estimate of drug-likeness (QED) is 0.833. The minimum Gasteiger partial charge on any atom is -0.326 e. The molecule has 1 nitrogen and oxygen atoms in total. The van der Waals surface area contributed by atoms with Crippen LogP contribution in [0.3, 0.4) is 0 Å². The van der Waals surface area contributed by atoms with Crippen molar-refractivity contribution in [2.24, 2.45) is 5.73 Å². The van der Waals surface area contributed by atoms with E-state index < -0.39 is 0 Å².